The van der Waals surface area contributed by atoms with Crippen LogP contribution >= 0.6 is 0 Å². The molecule has 0 amide bonds. The Morgan fingerprint density at radius 1 is 1.14 bits per heavy atom. The lowest BCUT2D eigenvalue weighted by molar-refractivity contribution is -0.385. The highest BCUT2D eigenvalue weighted by Gasteiger charge is 2.15. The molecular weight excluding hydrogens is 274 g/mol. The molecule has 0 aliphatic rings. The van der Waals surface area contributed by atoms with Gasteiger partial charge in [0, 0.05) is 18.0 Å². The van der Waals surface area contributed by atoms with Gasteiger partial charge < -0.3 is 14.6 Å². The minimum absolute atomic E-state index is 0.0899. The van der Waals surface area contributed by atoms with Gasteiger partial charge in [-0.15, -0.1) is 0 Å². The van der Waals surface area contributed by atoms with Crippen LogP contribution in [-0.4, -0.2) is 10.9 Å². The lowest BCUT2D eigenvalue weighted by Crippen LogP contribution is -2.24. The number of nitrogens with zero attached hydrogens (tertiary/aromatic N) is 1. The third-order valence-electron chi connectivity index (χ3n) is 2.84. The third-order valence-corrected chi connectivity index (χ3v) is 2.84. The Bertz CT molecular complexity index is 654. The van der Waals surface area contributed by atoms with E-state index in [9.17, 15) is 20.0 Å². The molecule has 0 heterocycles. The number of aliphatic carboxylic acids is 1. The SMILES string of the molecule is O=C([O-])Cc1ccc(OCc2ccccc2)cc1[N+](=O)[O-]. The quantitative estimate of drug-likeness (QED) is 0.592. The minimum Gasteiger partial charge on any atom is -0.550 e. The summed E-state index contributed by atoms with van der Waals surface area (Å²) in [5.74, 6) is -1.05. The third kappa shape index (κ3) is 4.04. The molecule has 0 aliphatic heterocycles. The summed E-state index contributed by atoms with van der Waals surface area (Å²) in [7, 11) is 0. The van der Waals surface area contributed by atoms with Gasteiger partial charge in [0.15, 0.2) is 0 Å². The van der Waals surface area contributed by atoms with E-state index in [0.29, 0.717) is 5.75 Å². The summed E-state index contributed by atoms with van der Waals surface area (Å²) in [5.41, 5.74) is 0.732. The molecule has 0 bridgehead atoms. The van der Waals surface area contributed by atoms with Crippen molar-refractivity contribution in [1.82, 2.24) is 0 Å². The van der Waals surface area contributed by atoms with Crippen LogP contribution in [0.5, 0.6) is 5.75 Å². The number of rotatable bonds is 6. The summed E-state index contributed by atoms with van der Waals surface area (Å²) < 4.78 is 5.48. The number of nitro benzene ring substituents is 1. The van der Waals surface area contributed by atoms with E-state index in [-0.39, 0.29) is 17.9 Å². The van der Waals surface area contributed by atoms with Crippen LogP contribution < -0.4 is 9.84 Å². The van der Waals surface area contributed by atoms with E-state index in [0.717, 1.165) is 5.56 Å². The molecule has 0 unspecified atom stereocenters. The van der Waals surface area contributed by atoms with Crippen LogP contribution in [0.3, 0.4) is 0 Å². The number of carbonyl (C=O) groups is 1. The first-order valence-corrected chi connectivity index (χ1v) is 6.20. The van der Waals surface area contributed by atoms with Crippen LogP contribution in [0.4, 0.5) is 5.69 Å². The summed E-state index contributed by atoms with van der Waals surface area (Å²) in [5, 5.41) is 21.5. The van der Waals surface area contributed by atoms with Crippen molar-refractivity contribution in [3.05, 3.63) is 69.8 Å². The predicted octanol–water partition coefficient (Wildman–Crippen LogP) is 1.47. The average molecular weight is 286 g/mol. The van der Waals surface area contributed by atoms with Crippen LogP contribution in [0.1, 0.15) is 11.1 Å². The number of benzene rings is 2. The van der Waals surface area contributed by atoms with E-state index in [1.54, 1.807) is 0 Å². The molecule has 6 nitrogen and oxygen atoms in total. The molecule has 0 saturated heterocycles. The van der Waals surface area contributed by atoms with Gasteiger partial charge in [-0.05, 0) is 17.7 Å². The van der Waals surface area contributed by atoms with Gasteiger partial charge in [-0.3, -0.25) is 10.1 Å². The number of nitro groups is 1. The Hall–Kier alpha value is -2.89. The van der Waals surface area contributed by atoms with Gasteiger partial charge >= 0.3 is 0 Å². The summed E-state index contributed by atoms with van der Waals surface area (Å²) in [4.78, 5) is 20.9. The molecule has 2 aromatic carbocycles. The van der Waals surface area contributed by atoms with E-state index in [4.69, 9.17) is 4.74 Å². The summed E-state index contributed by atoms with van der Waals surface area (Å²) in [6.07, 6.45) is -0.505. The summed E-state index contributed by atoms with van der Waals surface area (Å²) in [6, 6.07) is 13.5. The van der Waals surface area contributed by atoms with Crippen molar-refractivity contribution >= 4 is 11.7 Å². The molecule has 0 saturated carbocycles. The largest absolute Gasteiger partial charge is 0.550 e. The van der Waals surface area contributed by atoms with Crippen LogP contribution in [-0.2, 0) is 17.8 Å². The zero-order valence-electron chi connectivity index (χ0n) is 11.0. The molecular formula is C15H12NO5-. The van der Waals surface area contributed by atoms with E-state index in [2.05, 4.69) is 0 Å². The molecule has 0 fully saturated rings. The van der Waals surface area contributed by atoms with E-state index >= 15 is 0 Å². The molecule has 2 aromatic rings. The maximum absolute atomic E-state index is 11.0. The molecule has 0 atom stereocenters. The number of ether oxygens (including phenoxy) is 1. The Labute approximate surface area is 120 Å². The second-order valence-corrected chi connectivity index (χ2v) is 4.37. The first-order valence-electron chi connectivity index (χ1n) is 6.20. The standard InChI is InChI=1S/C15H13NO5/c17-15(18)8-12-6-7-13(9-14(12)16(19)20)21-10-11-4-2-1-3-5-11/h1-7,9H,8,10H2,(H,17,18)/p-1. The lowest BCUT2D eigenvalue weighted by atomic mass is 10.1. The van der Waals surface area contributed by atoms with E-state index in [1.807, 2.05) is 30.3 Å². The molecule has 0 spiro atoms. The van der Waals surface area contributed by atoms with Gasteiger partial charge in [-0.1, -0.05) is 30.3 Å². The summed E-state index contributed by atoms with van der Waals surface area (Å²) >= 11 is 0. The van der Waals surface area contributed by atoms with Gasteiger partial charge in [0.05, 0.1) is 11.0 Å². The molecule has 108 valence electrons. The van der Waals surface area contributed by atoms with Crippen molar-refractivity contribution in [2.75, 3.05) is 0 Å². The molecule has 0 radical (unpaired) electrons. The highest BCUT2D eigenvalue weighted by atomic mass is 16.6. The predicted molar refractivity (Wildman–Crippen MR) is 72.6 cm³/mol. The molecule has 0 aromatic heterocycles. The number of hydrogen-bond donors (Lipinski definition) is 0. The van der Waals surface area contributed by atoms with E-state index < -0.39 is 17.3 Å². The van der Waals surface area contributed by atoms with Crippen molar-refractivity contribution in [3.63, 3.8) is 0 Å². The van der Waals surface area contributed by atoms with Crippen LogP contribution in [0.25, 0.3) is 0 Å². The minimum atomic E-state index is -1.36. The molecule has 21 heavy (non-hydrogen) atoms. The Morgan fingerprint density at radius 2 is 1.86 bits per heavy atom. The topological polar surface area (TPSA) is 92.5 Å². The number of hydrogen-bond acceptors (Lipinski definition) is 5. The first kappa shape index (κ1) is 14.5. The second-order valence-electron chi connectivity index (χ2n) is 4.37. The van der Waals surface area contributed by atoms with Crippen molar-refractivity contribution in [2.24, 2.45) is 0 Å². The molecule has 0 aliphatic carbocycles. The monoisotopic (exact) mass is 286 g/mol. The highest BCUT2D eigenvalue weighted by molar-refractivity contribution is 5.70. The molecule has 2 rings (SSSR count). The van der Waals surface area contributed by atoms with Crippen molar-refractivity contribution in [2.45, 2.75) is 13.0 Å². The molecule has 6 heteroatoms. The van der Waals surface area contributed by atoms with Crippen LogP contribution in [0.15, 0.2) is 48.5 Å². The van der Waals surface area contributed by atoms with E-state index in [1.165, 1.54) is 18.2 Å². The fourth-order valence-corrected chi connectivity index (χ4v) is 1.85. The Balaban J connectivity index is 2.16. The lowest BCUT2D eigenvalue weighted by Gasteiger charge is -2.08. The fourth-order valence-electron chi connectivity index (χ4n) is 1.85. The van der Waals surface area contributed by atoms with Crippen molar-refractivity contribution in [3.8, 4) is 5.75 Å². The first-order chi connectivity index (χ1) is 10.1. The average Bonchev–Trinajstić information content (AvgIpc) is 2.46. The van der Waals surface area contributed by atoms with Gasteiger partial charge in [-0.25, -0.2) is 0 Å². The smallest absolute Gasteiger partial charge is 0.276 e. The summed E-state index contributed by atoms with van der Waals surface area (Å²) in [6.45, 7) is 0.276. The number of carboxylic acid groups (broad SMARTS) is 1. The van der Waals surface area contributed by atoms with Gasteiger partial charge in [-0.2, -0.15) is 0 Å². The van der Waals surface area contributed by atoms with Gasteiger partial charge in [0.2, 0.25) is 0 Å². The fraction of sp³-hybridized carbons (Fsp3) is 0.133. The maximum atomic E-state index is 11.0. The van der Waals surface area contributed by atoms with Crippen molar-refractivity contribution < 1.29 is 19.6 Å². The number of carboxylic acids is 1. The number of carbonyl (C=O) groups excluding carboxylic acids is 1. The maximum Gasteiger partial charge on any atom is 0.276 e. The Morgan fingerprint density at radius 3 is 2.48 bits per heavy atom. The van der Waals surface area contributed by atoms with Gasteiger partial charge in [0.25, 0.3) is 5.69 Å². The van der Waals surface area contributed by atoms with Crippen molar-refractivity contribution in [1.29, 1.82) is 0 Å². The Kier molecular flexibility index (Phi) is 4.50. The highest BCUT2D eigenvalue weighted by Crippen LogP contribution is 2.25. The normalized spacial score (nSPS) is 10.1. The zero-order chi connectivity index (χ0) is 15.2. The van der Waals surface area contributed by atoms with Crippen LogP contribution in [0.2, 0.25) is 0 Å². The molecule has 0 N–H and O–H groups in total. The van der Waals surface area contributed by atoms with Crippen LogP contribution in [0, 0.1) is 10.1 Å². The second kappa shape index (κ2) is 6.51. The van der Waals surface area contributed by atoms with Gasteiger partial charge in [0.1, 0.15) is 12.4 Å². The zero-order valence-corrected chi connectivity index (χ0v) is 11.0.